The molecule has 1 atom stereocenters. The third kappa shape index (κ3) is 1.88. The zero-order valence-corrected chi connectivity index (χ0v) is 10.3. The van der Waals surface area contributed by atoms with E-state index in [-0.39, 0.29) is 11.8 Å². The van der Waals surface area contributed by atoms with Crippen LogP contribution in [0.3, 0.4) is 0 Å². The Balaban J connectivity index is 2.48. The molecule has 0 bridgehead atoms. The van der Waals surface area contributed by atoms with Gasteiger partial charge in [-0.1, -0.05) is 33.7 Å². The number of alkyl halides is 1. The molecule has 2 aliphatic rings. The minimum Gasteiger partial charge on any atom is -0.267 e. The van der Waals surface area contributed by atoms with Gasteiger partial charge in [0.25, 0.3) is 5.91 Å². The van der Waals surface area contributed by atoms with Crippen LogP contribution in [-0.2, 0) is 4.79 Å². The maximum Gasteiger partial charge on any atom is 0.269 e. The standard InChI is InChI=1S/C12H12BrNO/c1-7-3-8(2)12-10(4-7)9(6-13)5-11(15)14-12/h3-5,10H,6H2,1-2H3. The van der Waals surface area contributed by atoms with E-state index in [1.807, 2.05) is 6.92 Å². The van der Waals surface area contributed by atoms with Crippen molar-refractivity contribution < 1.29 is 4.79 Å². The summed E-state index contributed by atoms with van der Waals surface area (Å²) >= 11 is 3.42. The largest absolute Gasteiger partial charge is 0.269 e. The number of rotatable bonds is 1. The number of allylic oxidation sites excluding steroid dienone is 5. The number of carbonyl (C=O) groups excluding carboxylic acids is 1. The molecule has 1 unspecified atom stereocenters. The topological polar surface area (TPSA) is 29.4 Å². The number of amides is 1. The fraction of sp³-hybridized carbons (Fsp3) is 0.333. The van der Waals surface area contributed by atoms with E-state index in [1.165, 1.54) is 5.57 Å². The highest BCUT2D eigenvalue weighted by Gasteiger charge is 2.26. The molecule has 0 saturated carbocycles. The summed E-state index contributed by atoms with van der Waals surface area (Å²) in [4.78, 5) is 15.5. The van der Waals surface area contributed by atoms with E-state index in [9.17, 15) is 4.79 Å². The van der Waals surface area contributed by atoms with Gasteiger partial charge in [-0.25, -0.2) is 4.99 Å². The Morgan fingerprint density at radius 2 is 2.13 bits per heavy atom. The van der Waals surface area contributed by atoms with Gasteiger partial charge in [-0.05, 0) is 25.0 Å². The lowest BCUT2D eigenvalue weighted by Crippen LogP contribution is -2.25. The summed E-state index contributed by atoms with van der Waals surface area (Å²) in [5.74, 6) is 0.0449. The number of hydrogen-bond acceptors (Lipinski definition) is 1. The number of nitrogens with zero attached hydrogens (tertiary/aromatic N) is 1. The maximum atomic E-state index is 11.4. The summed E-state index contributed by atoms with van der Waals surface area (Å²) in [7, 11) is 0. The van der Waals surface area contributed by atoms with Gasteiger partial charge in [0.05, 0.1) is 5.71 Å². The molecule has 2 rings (SSSR count). The molecular formula is C12H12BrNO. The van der Waals surface area contributed by atoms with Crippen molar-refractivity contribution in [2.45, 2.75) is 13.8 Å². The second-order valence-corrected chi connectivity index (χ2v) is 4.46. The van der Waals surface area contributed by atoms with Crippen molar-refractivity contribution in [1.82, 2.24) is 0 Å². The second-order valence-electron chi connectivity index (χ2n) is 3.90. The first-order valence-electron chi connectivity index (χ1n) is 4.88. The predicted molar refractivity (Wildman–Crippen MR) is 65.3 cm³/mol. The minimum atomic E-state index is -0.142. The first kappa shape index (κ1) is 10.6. The van der Waals surface area contributed by atoms with Crippen LogP contribution in [0.25, 0.3) is 0 Å². The summed E-state index contributed by atoms with van der Waals surface area (Å²) in [6.45, 7) is 4.08. The molecule has 0 aromatic heterocycles. The summed E-state index contributed by atoms with van der Waals surface area (Å²) in [6.07, 6.45) is 5.86. The molecule has 1 amide bonds. The monoisotopic (exact) mass is 265 g/mol. The fourth-order valence-electron chi connectivity index (χ4n) is 2.01. The summed E-state index contributed by atoms with van der Waals surface area (Å²) in [5, 5.41) is 0.722. The molecule has 1 aliphatic carbocycles. The van der Waals surface area contributed by atoms with Gasteiger partial charge in [-0.15, -0.1) is 0 Å². The van der Waals surface area contributed by atoms with E-state index in [2.05, 4.69) is 40.0 Å². The Kier molecular flexibility index (Phi) is 2.74. The van der Waals surface area contributed by atoms with E-state index in [0.29, 0.717) is 0 Å². The molecule has 1 heterocycles. The van der Waals surface area contributed by atoms with E-state index in [0.717, 1.165) is 22.2 Å². The van der Waals surface area contributed by atoms with Crippen molar-refractivity contribution in [3.63, 3.8) is 0 Å². The molecular weight excluding hydrogens is 254 g/mol. The average Bonchev–Trinajstić information content (AvgIpc) is 2.18. The van der Waals surface area contributed by atoms with Gasteiger partial charge in [0.15, 0.2) is 0 Å². The predicted octanol–water partition coefficient (Wildman–Crippen LogP) is 2.81. The average molecular weight is 266 g/mol. The summed E-state index contributed by atoms with van der Waals surface area (Å²) in [5.41, 5.74) is 4.33. The first-order chi connectivity index (χ1) is 7.11. The van der Waals surface area contributed by atoms with E-state index < -0.39 is 0 Å². The molecule has 0 radical (unpaired) electrons. The number of aliphatic imine (C=N–C) groups is 1. The SMILES string of the molecule is CC1=CC2C(CBr)=CC(=O)N=C2C(C)=C1. The number of carbonyl (C=O) groups is 1. The Morgan fingerprint density at radius 1 is 1.40 bits per heavy atom. The van der Waals surface area contributed by atoms with Gasteiger partial charge >= 0.3 is 0 Å². The lowest BCUT2D eigenvalue weighted by molar-refractivity contribution is -0.113. The van der Waals surface area contributed by atoms with Crippen LogP contribution in [-0.4, -0.2) is 16.9 Å². The minimum absolute atomic E-state index is 0.142. The van der Waals surface area contributed by atoms with Crippen molar-refractivity contribution in [1.29, 1.82) is 0 Å². The molecule has 2 nitrogen and oxygen atoms in total. The van der Waals surface area contributed by atoms with Crippen LogP contribution >= 0.6 is 15.9 Å². The van der Waals surface area contributed by atoms with Crippen molar-refractivity contribution in [3.05, 3.63) is 34.9 Å². The van der Waals surface area contributed by atoms with Crippen LogP contribution in [0.5, 0.6) is 0 Å². The highest BCUT2D eigenvalue weighted by atomic mass is 79.9. The van der Waals surface area contributed by atoms with Crippen molar-refractivity contribution >= 4 is 27.5 Å². The third-order valence-corrected chi connectivity index (χ3v) is 3.31. The van der Waals surface area contributed by atoms with Gasteiger partial charge < -0.3 is 0 Å². The van der Waals surface area contributed by atoms with Crippen molar-refractivity contribution in [2.24, 2.45) is 10.9 Å². The number of halogens is 1. The number of fused-ring (bicyclic) bond motifs is 1. The first-order valence-corrected chi connectivity index (χ1v) is 6.00. The van der Waals surface area contributed by atoms with Gasteiger partial charge in [-0.2, -0.15) is 0 Å². The van der Waals surface area contributed by atoms with Gasteiger partial charge in [0.2, 0.25) is 0 Å². The Hall–Kier alpha value is -0.960. The van der Waals surface area contributed by atoms with Crippen LogP contribution in [0, 0.1) is 5.92 Å². The number of dihydropyridines is 1. The Bertz CT molecular complexity index is 441. The molecule has 0 spiro atoms. The van der Waals surface area contributed by atoms with Gasteiger partial charge in [0.1, 0.15) is 0 Å². The molecule has 3 heteroatoms. The summed E-state index contributed by atoms with van der Waals surface area (Å²) in [6, 6.07) is 0. The zero-order valence-electron chi connectivity index (χ0n) is 8.75. The highest BCUT2D eigenvalue weighted by molar-refractivity contribution is 9.09. The molecule has 0 saturated heterocycles. The Labute approximate surface area is 97.6 Å². The second kappa shape index (κ2) is 3.89. The quantitative estimate of drug-likeness (QED) is 0.671. The molecule has 0 N–H and O–H groups in total. The van der Waals surface area contributed by atoms with Gasteiger partial charge in [-0.3, -0.25) is 4.79 Å². The zero-order chi connectivity index (χ0) is 11.0. The molecule has 0 aromatic rings. The maximum absolute atomic E-state index is 11.4. The van der Waals surface area contributed by atoms with Crippen LogP contribution in [0.4, 0.5) is 0 Å². The van der Waals surface area contributed by atoms with E-state index >= 15 is 0 Å². The van der Waals surface area contributed by atoms with E-state index in [1.54, 1.807) is 6.08 Å². The van der Waals surface area contributed by atoms with Crippen LogP contribution in [0.1, 0.15) is 13.8 Å². The normalized spacial score (nSPS) is 25.0. The number of hydrogen-bond donors (Lipinski definition) is 0. The molecule has 1 aliphatic heterocycles. The molecule has 0 fully saturated rings. The van der Waals surface area contributed by atoms with E-state index in [4.69, 9.17) is 0 Å². The lowest BCUT2D eigenvalue weighted by atomic mass is 9.83. The van der Waals surface area contributed by atoms with Crippen LogP contribution in [0.15, 0.2) is 39.9 Å². The smallest absolute Gasteiger partial charge is 0.267 e. The van der Waals surface area contributed by atoms with Crippen LogP contribution < -0.4 is 0 Å². The van der Waals surface area contributed by atoms with Gasteiger partial charge in [0, 0.05) is 17.3 Å². The lowest BCUT2D eigenvalue weighted by Gasteiger charge is -2.25. The highest BCUT2D eigenvalue weighted by Crippen LogP contribution is 2.29. The summed E-state index contributed by atoms with van der Waals surface area (Å²) < 4.78 is 0. The molecule has 78 valence electrons. The fourth-order valence-corrected chi connectivity index (χ4v) is 2.52. The third-order valence-electron chi connectivity index (χ3n) is 2.67. The molecule has 15 heavy (non-hydrogen) atoms. The van der Waals surface area contributed by atoms with Crippen molar-refractivity contribution in [3.8, 4) is 0 Å². The molecule has 0 aromatic carbocycles. The van der Waals surface area contributed by atoms with Crippen molar-refractivity contribution in [2.75, 3.05) is 5.33 Å². The Morgan fingerprint density at radius 3 is 2.80 bits per heavy atom. The van der Waals surface area contributed by atoms with Crippen LogP contribution in [0.2, 0.25) is 0 Å².